The number of aryl methyl sites for hydroxylation is 1. The van der Waals surface area contributed by atoms with Gasteiger partial charge in [-0.05, 0) is 18.6 Å². The molecule has 18 heavy (non-hydrogen) atoms. The number of aliphatic carboxylic acids is 1. The van der Waals surface area contributed by atoms with Gasteiger partial charge >= 0.3 is 5.97 Å². The zero-order valence-electron chi connectivity index (χ0n) is 9.41. The summed E-state index contributed by atoms with van der Waals surface area (Å²) in [4.78, 5) is 25.8. The predicted molar refractivity (Wildman–Crippen MR) is 67.9 cm³/mol. The van der Waals surface area contributed by atoms with Crippen molar-refractivity contribution in [2.24, 2.45) is 5.73 Å². The van der Waals surface area contributed by atoms with Crippen LogP contribution >= 0.6 is 23.2 Å². The lowest BCUT2D eigenvalue weighted by molar-refractivity contribution is -0.138. The van der Waals surface area contributed by atoms with Crippen molar-refractivity contribution in [3.8, 4) is 0 Å². The largest absolute Gasteiger partial charge is 0.481 e. The van der Waals surface area contributed by atoms with E-state index in [1.54, 1.807) is 6.92 Å². The SMILES string of the molecule is Cc1cc(Cl)nc(Cl)c1NC(=O)C(N)CC(=O)O. The molecule has 1 unspecified atom stereocenters. The van der Waals surface area contributed by atoms with Crippen LogP contribution in [0.4, 0.5) is 5.69 Å². The highest BCUT2D eigenvalue weighted by atomic mass is 35.5. The maximum atomic E-state index is 11.6. The fourth-order valence-electron chi connectivity index (χ4n) is 1.24. The number of carboxylic acid groups (broad SMARTS) is 1. The molecule has 0 aliphatic carbocycles. The van der Waals surface area contributed by atoms with Crippen LogP contribution in [0.3, 0.4) is 0 Å². The minimum absolute atomic E-state index is 0.0240. The molecule has 0 spiro atoms. The number of amides is 1. The standard InChI is InChI=1S/C10H11Cl2N3O3/c1-4-2-6(11)14-9(12)8(4)15-10(18)5(13)3-7(16)17/h2,5H,3,13H2,1H3,(H,15,18)(H,16,17). The number of nitrogens with zero attached hydrogens (tertiary/aromatic N) is 1. The van der Waals surface area contributed by atoms with Crippen molar-refractivity contribution in [3.63, 3.8) is 0 Å². The summed E-state index contributed by atoms with van der Waals surface area (Å²) in [6.07, 6.45) is -0.469. The van der Waals surface area contributed by atoms with Crippen LogP contribution in [0.25, 0.3) is 0 Å². The van der Waals surface area contributed by atoms with Gasteiger partial charge in [-0.1, -0.05) is 23.2 Å². The molecular weight excluding hydrogens is 281 g/mol. The number of rotatable bonds is 4. The molecule has 0 saturated heterocycles. The minimum atomic E-state index is -1.16. The second-order valence-electron chi connectivity index (χ2n) is 3.62. The lowest BCUT2D eigenvalue weighted by Crippen LogP contribution is -2.37. The third kappa shape index (κ3) is 3.83. The number of carboxylic acids is 1. The van der Waals surface area contributed by atoms with Crippen molar-refractivity contribution in [1.82, 2.24) is 4.98 Å². The Balaban J connectivity index is 2.85. The highest BCUT2D eigenvalue weighted by Gasteiger charge is 2.19. The average molecular weight is 292 g/mol. The maximum absolute atomic E-state index is 11.6. The first kappa shape index (κ1) is 14.7. The van der Waals surface area contributed by atoms with Crippen LogP contribution in [0, 0.1) is 6.92 Å². The highest BCUT2D eigenvalue weighted by Crippen LogP contribution is 2.26. The van der Waals surface area contributed by atoms with Crippen molar-refractivity contribution >= 4 is 40.8 Å². The summed E-state index contributed by atoms with van der Waals surface area (Å²) in [5.74, 6) is -1.80. The van der Waals surface area contributed by atoms with Crippen LogP contribution in [0.15, 0.2) is 6.07 Å². The summed E-state index contributed by atoms with van der Waals surface area (Å²) in [7, 11) is 0. The first-order valence-corrected chi connectivity index (χ1v) is 5.67. The summed E-state index contributed by atoms with van der Waals surface area (Å²) < 4.78 is 0. The molecule has 0 aliphatic heterocycles. The Bertz CT molecular complexity index is 470. The molecule has 0 radical (unpaired) electrons. The average Bonchev–Trinajstić information content (AvgIpc) is 2.21. The summed E-state index contributed by atoms with van der Waals surface area (Å²) in [5, 5.41) is 11.2. The van der Waals surface area contributed by atoms with Crippen molar-refractivity contribution < 1.29 is 14.7 Å². The number of hydrogen-bond acceptors (Lipinski definition) is 4. The molecule has 1 aromatic rings. The number of pyridine rings is 1. The van der Waals surface area contributed by atoms with Crippen LogP contribution in [-0.2, 0) is 9.59 Å². The first-order valence-electron chi connectivity index (χ1n) is 4.92. The van der Waals surface area contributed by atoms with E-state index >= 15 is 0 Å². The van der Waals surface area contributed by atoms with E-state index < -0.39 is 24.3 Å². The molecule has 0 saturated carbocycles. The van der Waals surface area contributed by atoms with Crippen LogP contribution < -0.4 is 11.1 Å². The van der Waals surface area contributed by atoms with Gasteiger partial charge in [0.1, 0.15) is 5.15 Å². The second-order valence-corrected chi connectivity index (χ2v) is 4.37. The highest BCUT2D eigenvalue weighted by molar-refractivity contribution is 6.34. The molecule has 1 rings (SSSR count). The van der Waals surface area contributed by atoms with Gasteiger partial charge in [-0.3, -0.25) is 9.59 Å². The van der Waals surface area contributed by atoms with E-state index in [9.17, 15) is 9.59 Å². The molecule has 6 nitrogen and oxygen atoms in total. The van der Waals surface area contributed by atoms with Gasteiger partial charge in [0.15, 0.2) is 5.15 Å². The van der Waals surface area contributed by atoms with Gasteiger partial charge in [0.25, 0.3) is 0 Å². The summed E-state index contributed by atoms with van der Waals surface area (Å²) in [5.41, 5.74) is 6.29. The van der Waals surface area contributed by atoms with Crippen LogP contribution in [0.5, 0.6) is 0 Å². The third-order valence-electron chi connectivity index (χ3n) is 2.12. The zero-order chi connectivity index (χ0) is 13.9. The van der Waals surface area contributed by atoms with Gasteiger partial charge in [0, 0.05) is 0 Å². The van der Waals surface area contributed by atoms with Crippen LogP contribution in [-0.4, -0.2) is 28.0 Å². The fourth-order valence-corrected chi connectivity index (χ4v) is 1.82. The van der Waals surface area contributed by atoms with Gasteiger partial charge in [-0.2, -0.15) is 0 Å². The van der Waals surface area contributed by atoms with Crippen molar-refractivity contribution in [3.05, 3.63) is 21.9 Å². The molecule has 0 aromatic carbocycles. The molecule has 4 N–H and O–H groups in total. The molecular formula is C10H11Cl2N3O3. The molecule has 0 fully saturated rings. The summed E-state index contributed by atoms with van der Waals surface area (Å²) in [6, 6.07) is 0.361. The van der Waals surface area contributed by atoms with E-state index in [1.165, 1.54) is 6.07 Å². The summed E-state index contributed by atoms with van der Waals surface area (Å²) in [6.45, 7) is 1.68. The molecule has 1 amide bonds. The Labute approximate surface area is 113 Å². The van der Waals surface area contributed by atoms with E-state index in [2.05, 4.69) is 10.3 Å². The molecule has 0 aliphatic rings. The topological polar surface area (TPSA) is 105 Å². The first-order chi connectivity index (χ1) is 8.31. The monoisotopic (exact) mass is 291 g/mol. The number of halogens is 2. The van der Waals surface area contributed by atoms with E-state index in [0.29, 0.717) is 5.56 Å². The smallest absolute Gasteiger partial charge is 0.305 e. The number of carbonyl (C=O) groups is 2. The Hall–Kier alpha value is -1.37. The van der Waals surface area contributed by atoms with Gasteiger partial charge < -0.3 is 16.2 Å². The van der Waals surface area contributed by atoms with Gasteiger partial charge in [-0.15, -0.1) is 0 Å². The predicted octanol–water partition coefficient (Wildman–Crippen LogP) is 1.44. The summed E-state index contributed by atoms with van der Waals surface area (Å²) >= 11 is 11.5. The van der Waals surface area contributed by atoms with Crippen LogP contribution in [0.2, 0.25) is 10.3 Å². The number of nitrogens with one attached hydrogen (secondary N) is 1. The minimum Gasteiger partial charge on any atom is -0.481 e. The number of anilines is 1. The number of aromatic nitrogens is 1. The van der Waals surface area contributed by atoms with Gasteiger partial charge in [0.05, 0.1) is 18.2 Å². The molecule has 1 atom stereocenters. The third-order valence-corrected chi connectivity index (χ3v) is 2.59. The Morgan fingerprint density at radius 3 is 2.67 bits per heavy atom. The van der Waals surface area contributed by atoms with Crippen LogP contribution in [0.1, 0.15) is 12.0 Å². The van der Waals surface area contributed by atoms with E-state index in [-0.39, 0.29) is 16.0 Å². The van der Waals surface area contributed by atoms with Crippen molar-refractivity contribution in [2.45, 2.75) is 19.4 Å². The second kappa shape index (κ2) is 5.99. The Kier molecular flexibility index (Phi) is 4.89. The van der Waals surface area contributed by atoms with Crippen molar-refractivity contribution in [2.75, 3.05) is 5.32 Å². The number of hydrogen-bond donors (Lipinski definition) is 3. The maximum Gasteiger partial charge on any atom is 0.305 e. The van der Waals surface area contributed by atoms with E-state index in [0.717, 1.165) is 0 Å². The van der Waals surface area contributed by atoms with Crippen molar-refractivity contribution in [1.29, 1.82) is 0 Å². The fraction of sp³-hybridized carbons (Fsp3) is 0.300. The number of carbonyl (C=O) groups excluding carboxylic acids is 1. The molecule has 98 valence electrons. The normalized spacial score (nSPS) is 12.0. The Morgan fingerprint density at radius 2 is 2.17 bits per heavy atom. The van der Waals surface area contributed by atoms with Gasteiger partial charge in [0.2, 0.25) is 5.91 Å². The number of nitrogens with two attached hydrogens (primary N) is 1. The van der Waals surface area contributed by atoms with E-state index in [1.807, 2.05) is 0 Å². The quantitative estimate of drug-likeness (QED) is 0.728. The zero-order valence-corrected chi connectivity index (χ0v) is 10.9. The molecule has 8 heteroatoms. The lowest BCUT2D eigenvalue weighted by atomic mass is 10.2. The molecule has 1 heterocycles. The lowest BCUT2D eigenvalue weighted by Gasteiger charge is -2.13. The van der Waals surface area contributed by atoms with E-state index in [4.69, 9.17) is 34.0 Å². The van der Waals surface area contributed by atoms with Gasteiger partial charge in [-0.25, -0.2) is 4.98 Å². The molecule has 1 aromatic heterocycles. The Morgan fingerprint density at radius 1 is 1.56 bits per heavy atom. The molecule has 0 bridgehead atoms.